The summed E-state index contributed by atoms with van der Waals surface area (Å²) in [6, 6.07) is 9.42. The number of hydrogen-bond donors (Lipinski definition) is 0. The first-order valence-electron chi connectivity index (χ1n) is 6.95. The Bertz CT molecular complexity index is 684. The lowest BCUT2D eigenvalue weighted by Gasteiger charge is -2.20. The van der Waals surface area contributed by atoms with E-state index in [1.165, 1.54) is 0 Å². The molecule has 0 aliphatic heterocycles. The van der Waals surface area contributed by atoms with Crippen LogP contribution in [0.5, 0.6) is 0 Å². The van der Waals surface area contributed by atoms with E-state index in [4.69, 9.17) is 0 Å². The fraction of sp³-hybridized carbons (Fsp3) is 0.375. The monoisotopic (exact) mass is 272 g/mol. The van der Waals surface area contributed by atoms with Crippen molar-refractivity contribution in [3.8, 4) is 0 Å². The smallest absolute Gasteiger partial charge is 0.259 e. The molecule has 1 aromatic carbocycles. The van der Waals surface area contributed by atoms with E-state index in [1.807, 2.05) is 45.0 Å². The molecule has 0 saturated heterocycles. The maximum absolute atomic E-state index is 12.5. The average Bonchev–Trinajstić information content (AvgIpc) is 2.45. The Kier molecular flexibility index (Phi) is 4.23. The van der Waals surface area contributed by atoms with Gasteiger partial charge in [0, 0.05) is 24.2 Å². The first-order valence-corrected chi connectivity index (χ1v) is 6.95. The minimum atomic E-state index is -0.0962. The lowest BCUT2D eigenvalue weighted by atomic mass is 10.1. The highest BCUT2D eigenvalue weighted by Crippen LogP contribution is 2.11. The van der Waals surface area contributed by atoms with Gasteiger partial charge in [0.15, 0.2) is 0 Å². The first kappa shape index (κ1) is 14.3. The number of pyridine rings is 1. The van der Waals surface area contributed by atoms with Crippen LogP contribution in [0.15, 0.2) is 35.1 Å². The Morgan fingerprint density at radius 2 is 1.85 bits per heavy atom. The van der Waals surface area contributed by atoms with Crippen LogP contribution in [0.3, 0.4) is 0 Å². The van der Waals surface area contributed by atoms with E-state index in [2.05, 4.69) is 0 Å². The Morgan fingerprint density at radius 3 is 2.50 bits per heavy atom. The summed E-state index contributed by atoms with van der Waals surface area (Å²) in [6.07, 6.45) is 0. The molecule has 20 heavy (non-hydrogen) atoms. The fourth-order valence-corrected chi connectivity index (χ4v) is 2.43. The van der Waals surface area contributed by atoms with Crippen molar-refractivity contribution in [3.05, 3.63) is 46.4 Å². The topological polar surface area (TPSA) is 42.3 Å². The van der Waals surface area contributed by atoms with Gasteiger partial charge in [0.25, 0.3) is 5.56 Å². The zero-order valence-electron chi connectivity index (χ0n) is 12.2. The molecule has 0 N–H and O–H groups in total. The first-order chi connectivity index (χ1) is 9.58. The number of hydrogen-bond acceptors (Lipinski definition) is 2. The van der Waals surface area contributed by atoms with Gasteiger partial charge in [-0.15, -0.1) is 0 Å². The van der Waals surface area contributed by atoms with Crippen LogP contribution in [0, 0.1) is 6.92 Å². The third kappa shape index (κ3) is 2.59. The predicted molar refractivity (Wildman–Crippen MR) is 80.9 cm³/mol. The summed E-state index contributed by atoms with van der Waals surface area (Å²) in [7, 11) is 0. The van der Waals surface area contributed by atoms with Gasteiger partial charge < -0.3 is 9.47 Å². The van der Waals surface area contributed by atoms with Gasteiger partial charge >= 0.3 is 0 Å². The van der Waals surface area contributed by atoms with E-state index in [0.29, 0.717) is 18.5 Å². The molecule has 0 saturated carbocycles. The van der Waals surface area contributed by atoms with Gasteiger partial charge in [-0.25, -0.2) is 0 Å². The second kappa shape index (κ2) is 5.90. The number of carbonyl (C=O) groups is 1. The molecule has 4 nitrogen and oxygen atoms in total. The molecule has 0 radical (unpaired) electrons. The number of fused-ring (bicyclic) bond motifs is 1. The second-order valence-corrected chi connectivity index (χ2v) is 4.83. The van der Waals surface area contributed by atoms with Gasteiger partial charge in [0.1, 0.15) is 6.54 Å². The normalized spacial score (nSPS) is 10.8. The van der Waals surface area contributed by atoms with Gasteiger partial charge in [-0.3, -0.25) is 9.59 Å². The Morgan fingerprint density at radius 1 is 1.20 bits per heavy atom. The molecule has 0 bridgehead atoms. The number of aromatic nitrogens is 1. The van der Waals surface area contributed by atoms with Crippen molar-refractivity contribution in [2.24, 2.45) is 0 Å². The minimum Gasteiger partial charge on any atom is -0.342 e. The second-order valence-electron chi connectivity index (χ2n) is 4.83. The SMILES string of the molecule is CCN(CC)C(=O)Cn1c(C)cc2ccccc2c1=O. The Hall–Kier alpha value is -2.10. The molecule has 1 amide bonds. The molecule has 0 spiro atoms. The predicted octanol–water partition coefficient (Wildman–Crippen LogP) is 2.18. The van der Waals surface area contributed by atoms with Crippen LogP contribution in [-0.2, 0) is 11.3 Å². The van der Waals surface area contributed by atoms with Crippen LogP contribution in [0.1, 0.15) is 19.5 Å². The number of likely N-dealkylation sites (N-methyl/N-ethyl adjacent to an activating group) is 1. The van der Waals surface area contributed by atoms with Crippen LogP contribution >= 0.6 is 0 Å². The molecule has 4 heteroatoms. The molecule has 1 aromatic heterocycles. The van der Waals surface area contributed by atoms with E-state index in [9.17, 15) is 9.59 Å². The van der Waals surface area contributed by atoms with Crippen LogP contribution in [0.4, 0.5) is 0 Å². The molecule has 2 aromatic rings. The number of benzene rings is 1. The van der Waals surface area contributed by atoms with E-state index >= 15 is 0 Å². The molecule has 0 unspecified atom stereocenters. The molecule has 0 aliphatic carbocycles. The molecule has 1 heterocycles. The van der Waals surface area contributed by atoms with Gasteiger partial charge in [0.05, 0.1) is 0 Å². The van der Waals surface area contributed by atoms with Crippen molar-refractivity contribution < 1.29 is 4.79 Å². The number of aryl methyl sites for hydroxylation is 1. The molecule has 106 valence electrons. The summed E-state index contributed by atoms with van der Waals surface area (Å²) in [5.41, 5.74) is 0.718. The molecule has 2 rings (SSSR count). The summed E-state index contributed by atoms with van der Waals surface area (Å²) in [4.78, 5) is 26.4. The van der Waals surface area contributed by atoms with Crippen LogP contribution in [-0.4, -0.2) is 28.5 Å². The third-order valence-corrected chi connectivity index (χ3v) is 3.64. The lowest BCUT2D eigenvalue weighted by Crippen LogP contribution is -2.37. The van der Waals surface area contributed by atoms with Gasteiger partial charge in [-0.2, -0.15) is 0 Å². The van der Waals surface area contributed by atoms with Crippen molar-refractivity contribution in [2.45, 2.75) is 27.3 Å². The maximum atomic E-state index is 12.5. The highest BCUT2D eigenvalue weighted by molar-refractivity contribution is 5.82. The van der Waals surface area contributed by atoms with Crippen molar-refractivity contribution in [1.82, 2.24) is 9.47 Å². The van der Waals surface area contributed by atoms with E-state index in [-0.39, 0.29) is 18.0 Å². The summed E-state index contributed by atoms with van der Waals surface area (Å²) < 4.78 is 1.56. The van der Waals surface area contributed by atoms with E-state index in [0.717, 1.165) is 11.1 Å². The van der Waals surface area contributed by atoms with Crippen molar-refractivity contribution in [1.29, 1.82) is 0 Å². The van der Waals surface area contributed by atoms with E-state index in [1.54, 1.807) is 15.5 Å². The summed E-state index contributed by atoms with van der Waals surface area (Å²) in [5, 5.41) is 1.58. The maximum Gasteiger partial charge on any atom is 0.259 e. The van der Waals surface area contributed by atoms with Gasteiger partial charge in [-0.1, -0.05) is 18.2 Å². The van der Waals surface area contributed by atoms with Crippen molar-refractivity contribution in [2.75, 3.05) is 13.1 Å². The Labute approximate surface area is 118 Å². The molecular formula is C16H20N2O2. The summed E-state index contributed by atoms with van der Waals surface area (Å²) in [5.74, 6) is -0.0181. The lowest BCUT2D eigenvalue weighted by molar-refractivity contribution is -0.131. The zero-order valence-corrected chi connectivity index (χ0v) is 12.2. The standard InChI is InChI=1S/C16H20N2O2/c1-4-17(5-2)15(19)11-18-12(3)10-13-8-6-7-9-14(13)16(18)20/h6-10H,4-5,11H2,1-3H3. The molecule has 0 atom stereocenters. The Balaban J connectivity index is 2.45. The molecule has 0 aliphatic rings. The van der Waals surface area contributed by atoms with Crippen LogP contribution in [0.25, 0.3) is 10.8 Å². The van der Waals surface area contributed by atoms with Gasteiger partial charge in [0.2, 0.25) is 5.91 Å². The summed E-state index contributed by atoms with van der Waals surface area (Å²) >= 11 is 0. The highest BCUT2D eigenvalue weighted by atomic mass is 16.2. The fourth-order valence-electron chi connectivity index (χ4n) is 2.43. The van der Waals surface area contributed by atoms with Crippen LogP contribution < -0.4 is 5.56 Å². The third-order valence-electron chi connectivity index (χ3n) is 3.64. The largest absolute Gasteiger partial charge is 0.342 e. The summed E-state index contributed by atoms with van der Waals surface area (Å²) in [6.45, 7) is 7.18. The zero-order chi connectivity index (χ0) is 14.7. The van der Waals surface area contributed by atoms with Crippen LogP contribution in [0.2, 0.25) is 0 Å². The number of nitrogens with zero attached hydrogens (tertiary/aromatic N) is 2. The van der Waals surface area contributed by atoms with Gasteiger partial charge in [-0.05, 0) is 38.3 Å². The van der Waals surface area contributed by atoms with Crippen molar-refractivity contribution in [3.63, 3.8) is 0 Å². The minimum absolute atomic E-state index is 0.0181. The molecular weight excluding hydrogens is 252 g/mol. The highest BCUT2D eigenvalue weighted by Gasteiger charge is 2.13. The van der Waals surface area contributed by atoms with E-state index < -0.39 is 0 Å². The quantitative estimate of drug-likeness (QED) is 0.856. The number of amides is 1. The number of rotatable bonds is 4. The van der Waals surface area contributed by atoms with Crippen molar-refractivity contribution >= 4 is 16.7 Å². The number of carbonyl (C=O) groups excluding carboxylic acids is 1. The average molecular weight is 272 g/mol. The molecule has 0 fully saturated rings.